The van der Waals surface area contributed by atoms with Crippen molar-refractivity contribution in [2.24, 2.45) is 0 Å². The molecule has 6 heteroatoms. The third-order valence-electron chi connectivity index (χ3n) is 3.48. The highest BCUT2D eigenvalue weighted by Gasteiger charge is 2.09. The highest BCUT2D eigenvalue weighted by atomic mass is 79.9. The third kappa shape index (κ3) is 6.14. The van der Waals surface area contributed by atoms with Gasteiger partial charge in [0, 0.05) is 10.0 Å². The van der Waals surface area contributed by atoms with Crippen molar-refractivity contribution in [3.8, 4) is 5.75 Å². The van der Waals surface area contributed by atoms with Crippen molar-refractivity contribution in [1.29, 1.82) is 0 Å². The molecule has 0 aliphatic heterocycles. The number of rotatable bonds is 6. The maximum Gasteiger partial charge on any atom is 0.257 e. The highest BCUT2D eigenvalue weighted by Crippen LogP contribution is 2.23. The minimum absolute atomic E-state index is 0.248. The smallest absolute Gasteiger partial charge is 0.257 e. The van der Waals surface area contributed by atoms with Crippen LogP contribution in [0, 0.1) is 6.92 Å². The highest BCUT2D eigenvalue weighted by molar-refractivity contribution is 9.10. The number of unbranched alkanes of at least 4 members (excludes halogenated alkanes) is 1. The van der Waals surface area contributed by atoms with Gasteiger partial charge in [-0.2, -0.15) is 0 Å². The van der Waals surface area contributed by atoms with Crippen LogP contribution in [-0.4, -0.2) is 17.6 Å². The second-order valence-corrected chi connectivity index (χ2v) is 6.88. The van der Waals surface area contributed by atoms with Gasteiger partial charge >= 0.3 is 0 Å². The minimum atomic E-state index is -0.263. The van der Waals surface area contributed by atoms with Crippen molar-refractivity contribution < 1.29 is 9.53 Å². The standard InChI is InChI=1S/C19H21BrN2O2S/c1-3-4-11-24-15-8-6-14(7-9-15)18(23)22-19(25)21-17-10-5-13(2)12-16(17)20/h5-10,12H,3-4,11H2,1-2H3,(H2,21,22,23,25). The second kappa shape index (κ2) is 9.53. The Hall–Kier alpha value is -1.92. The Morgan fingerprint density at radius 3 is 2.56 bits per heavy atom. The minimum Gasteiger partial charge on any atom is -0.494 e. The Kier molecular flexibility index (Phi) is 7.40. The molecule has 0 aromatic heterocycles. The first kappa shape index (κ1) is 19.4. The molecule has 2 rings (SSSR count). The van der Waals surface area contributed by atoms with E-state index in [9.17, 15) is 4.79 Å². The molecule has 0 spiro atoms. The number of anilines is 1. The van der Waals surface area contributed by atoms with Crippen LogP contribution in [0.25, 0.3) is 0 Å². The fraction of sp³-hybridized carbons (Fsp3) is 0.263. The number of halogens is 1. The number of hydrogen-bond donors (Lipinski definition) is 2. The number of benzene rings is 2. The largest absolute Gasteiger partial charge is 0.494 e. The summed E-state index contributed by atoms with van der Waals surface area (Å²) in [6.07, 6.45) is 2.10. The van der Waals surface area contributed by atoms with Crippen molar-refractivity contribution in [1.82, 2.24) is 5.32 Å². The quantitative estimate of drug-likeness (QED) is 0.506. The molecule has 0 fully saturated rings. The lowest BCUT2D eigenvalue weighted by Crippen LogP contribution is -2.34. The first-order valence-corrected chi connectivity index (χ1v) is 9.31. The fourth-order valence-electron chi connectivity index (χ4n) is 2.09. The number of thiocarbonyl (C=S) groups is 1. The number of carbonyl (C=O) groups is 1. The molecule has 0 heterocycles. The monoisotopic (exact) mass is 420 g/mol. The van der Waals surface area contributed by atoms with Crippen molar-refractivity contribution in [3.05, 3.63) is 58.1 Å². The van der Waals surface area contributed by atoms with Gasteiger partial charge in [-0.1, -0.05) is 19.4 Å². The van der Waals surface area contributed by atoms with Crippen LogP contribution >= 0.6 is 28.1 Å². The number of aryl methyl sites for hydroxylation is 1. The predicted molar refractivity (Wildman–Crippen MR) is 109 cm³/mol. The van der Waals surface area contributed by atoms with Crippen LogP contribution in [0.1, 0.15) is 35.7 Å². The van der Waals surface area contributed by atoms with Crippen LogP contribution in [0.2, 0.25) is 0 Å². The lowest BCUT2D eigenvalue weighted by Gasteiger charge is -2.12. The first-order valence-electron chi connectivity index (χ1n) is 8.11. The van der Waals surface area contributed by atoms with Crippen molar-refractivity contribution in [2.45, 2.75) is 26.7 Å². The molecule has 0 radical (unpaired) electrons. The van der Waals surface area contributed by atoms with E-state index in [1.807, 2.05) is 25.1 Å². The lowest BCUT2D eigenvalue weighted by atomic mass is 10.2. The molecule has 2 aromatic carbocycles. The number of hydrogen-bond acceptors (Lipinski definition) is 3. The summed E-state index contributed by atoms with van der Waals surface area (Å²) in [6.45, 7) is 4.80. The summed E-state index contributed by atoms with van der Waals surface area (Å²) in [5.74, 6) is 0.495. The van der Waals surface area contributed by atoms with E-state index >= 15 is 0 Å². The normalized spacial score (nSPS) is 10.2. The molecule has 0 unspecified atom stereocenters. The van der Waals surface area contributed by atoms with Gasteiger partial charge < -0.3 is 10.1 Å². The van der Waals surface area contributed by atoms with E-state index in [2.05, 4.69) is 33.5 Å². The zero-order chi connectivity index (χ0) is 18.2. The van der Waals surface area contributed by atoms with Crippen LogP contribution in [0.5, 0.6) is 5.75 Å². The van der Waals surface area contributed by atoms with Crippen molar-refractivity contribution in [3.63, 3.8) is 0 Å². The van der Waals surface area contributed by atoms with Gasteiger partial charge in [-0.05, 0) is 83.5 Å². The molecule has 25 heavy (non-hydrogen) atoms. The van der Waals surface area contributed by atoms with Gasteiger partial charge in [0.2, 0.25) is 0 Å². The summed E-state index contributed by atoms with van der Waals surface area (Å²) in [5.41, 5.74) is 2.46. The number of ether oxygens (including phenoxy) is 1. The first-order chi connectivity index (χ1) is 12.0. The second-order valence-electron chi connectivity index (χ2n) is 5.62. The summed E-state index contributed by atoms with van der Waals surface area (Å²) >= 11 is 8.68. The number of amides is 1. The summed E-state index contributed by atoms with van der Waals surface area (Å²) in [5, 5.41) is 5.94. The SMILES string of the molecule is CCCCOc1ccc(C(=O)NC(=S)Nc2ccc(C)cc2Br)cc1. The van der Waals surface area contributed by atoms with Gasteiger partial charge in [-0.3, -0.25) is 10.1 Å². The van der Waals surface area contributed by atoms with Crippen LogP contribution in [0.15, 0.2) is 46.9 Å². The molecule has 0 saturated heterocycles. The lowest BCUT2D eigenvalue weighted by molar-refractivity contribution is 0.0977. The van der Waals surface area contributed by atoms with E-state index in [0.717, 1.165) is 34.3 Å². The fourth-order valence-corrected chi connectivity index (χ4v) is 2.88. The zero-order valence-electron chi connectivity index (χ0n) is 14.3. The average Bonchev–Trinajstić information content (AvgIpc) is 2.58. The van der Waals surface area contributed by atoms with Crippen LogP contribution < -0.4 is 15.4 Å². The molecular weight excluding hydrogens is 400 g/mol. The number of nitrogens with one attached hydrogen (secondary N) is 2. The Labute approximate surface area is 162 Å². The van der Waals surface area contributed by atoms with E-state index < -0.39 is 0 Å². The molecule has 0 aliphatic rings. The maximum atomic E-state index is 12.3. The van der Waals surface area contributed by atoms with Crippen LogP contribution in [-0.2, 0) is 0 Å². The van der Waals surface area contributed by atoms with Crippen molar-refractivity contribution >= 4 is 44.9 Å². The Morgan fingerprint density at radius 2 is 1.92 bits per heavy atom. The molecule has 132 valence electrons. The summed E-state index contributed by atoms with van der Waals surface area (Å²) in [7, 11) is 0. The van der Waals surface area contributed by atoms with E-state index in [1.54, 1.807) is 24.3 Å². The Balaban J connectivity index is 1.91. The predicted octanol–water partition coefficient (Wildman–Crippen LogP) is 5.06. The van der Waals surface area contributed by atoms with Crippen LogP contribution in [0.3, 0.4) is 0 Å². The Bertz CT molecular complexity index is 748. The molecular formula is C19H21BrN2O2S. The van der Waals surface area contributed by atoms with Gasteiger partial charge in [0.1, 0.15) is 5.75 Å². The van der Waals surface area contributed by atoms with Gasteiger partial charge in [-0.15, -0.1) is 0 Å². The molecule has 0 saturated carbocycles. The molecule has 2 aromatic rings. The summed E-state index contributed by atoms with van der Waals surface area (Å²) < 4.78 is 6.48. The zero-order valence-corrected chi connectivity index (χ0v) is 16.7. The molecule has 0 bridgehead atoms. The van der Waals surface area contributed by atoms with Gasteiger partial charge in [-0.25, -0.2) is 0 Å². The van der Waals surface area contributed by atoms with E-state index in [1.165, 1.54) is 0 Å². The molecule has 2 N–H and O–H groups in total. The molecule has 4 nitrogen and oxygen atoms in total. The summed E-state index contributed by atoms with van der Waals surface area (Å²) in [6, 6.07) is 12.9. The van der Waals surface area contributed by atoms with Gasteiger partial charge in [0.25, 0.3) is 5.91 Å². The molecule has 0 atom stereocenters. The summed E-state index contributed by atoms with van der Waals surface area (Å²) in [4.78, 5) is 12.3. The van der Waals surface area contributed by atoms with Gasteiger partial charge in [0.15, 0.2) is 5.11 Å². The number of carbonyl (C=O) groups excluding carboxylic acids is 1. The van der Waals surface area contributed by atoms with E-state index in [-0.39, 0.29) is 11.0 Å². The Morgan fingerprint density at radius 1 is 1.20 bits per heavy atom. The van der Waals surface area contributed by atoms with Crippen LogP contribution in [0.4, 0.5) is 5.69 Å². The van der Waals surface area contributed by atoms with E-state index in [4.69, 9.17) is 17.0 Å². The van der Waals surface area contributed by atoms with E-state index in [0.29, 0.717) is 12.2 Å². The maximum absolute atomic E-state index is 12.3. The van der Waals surface area contributed by atoms with Crippen molar-refractivity contribution in [2.75, 3.05) is 11.9 Å². The molecule has 0 aliphatic carbocycles. The average molecular weight is 421 g/mol. The third-order valence-corrected chi connectivity index (χ3v) is 4.34. The van der Waals surface area contributed by atoms with Gasteiger partial charge in [0.05, 0.1) is 12.3 Å². The molecule has 1 amide bonds. The topological polar surface area (TPSA) is 50.4 Å².